The monoisotopic (exact) mass is 415 g/mol. The topological polar surface area (TPSA) is 124 Å². The van der Waals surface area contributed by atoms with E-state index in [4.69, 9.17) is 0 Å². The van der Waals surface area contributed by atoms with Gasteiger partial charge in [0.1, 0.15) is 12.6 Å². The predicted molar refractivity (Wildman–Crippen MR) is 105 cm³/mol. The molecule has 0 bridgehead atoms. The van der Waals surface area contributed by atoms with Crippen LogP contribution in [0.4, 0.5) is 0 Å². The molecule has 9 heteroatoms. The first-order valence-corrected chi connectivity index (χ1v) is 9.75. The lowest BCUT2D eigenvalue weighted by molar-refractivity contribution is -0.138. The zero-order chi connectivity index (χ0) is 22.2. The lowest BCUT2D eigenvalue weighted by atomic mass is 9.95. The van der Waals surface area contributed by atoms with Gasteiger partial charge in [-0.05, 0) is 29.5 Å². The molecular formula is C21H25N3O6. The van der Waals surface area contributed by atoms with Crippen LogP contribution >= 0.6 is 0 Å². The molecule has 1 aromatic carbocycles. The van der Waals surface area contributed by atoms with Crippen LogP contribution < -0.4 is 5.32 Å². The van der Waals surface area contributed by atoms with Crippen molar-refractivity contribution in [3.8, 4) is 0 Å². The summed E-state index contributed by atoms with van der Waals surface area (Å²) in [6.07, 6.45) is 0.422. The lowest BCUT2D eigenvalue weighted by Gasteiger charge is -2.29. The van der Waals surface area contributed by atoms with E-state index in [2.05, 4.69) is 5.32 Å². The summed E-state index contributed by atoms with van der Waals surface area (Å²) in [5, 5.41) is 11.4. The number of nitrogens with one attached hydrogen (secondary N) is 1. The second-order valence-corrected chi connectivity index (χ2v) is 8.89. The highest BCUT2D eigenvalue weighted by Crippen LogP contribution is 2.29. The number of imide groups is 1. The second-order valence-electron chi connectivity index (χ2n) is 8.89. The van der Waals surface area contributed by atoms with Gasteiger partial charge in [-0.3, -0.25) is 29.3 Å². The van der Waals surface area contributed by atoms with Gasteiger partial charge in [0.25, 0.3) is 11.8 Å². The Morgan fingerprint density at radius 3 is 2.53 bits per heavy atom. The van der Waals surface area contributed by atoms with Crippen molar-refractivity contribution in [2.75, 3.05) is 13.1 Å². The van der Waals surface area contributed by atoms with E-state index >= 15 is 0 Å². The van der Waals surface area contributed by atoms with Gasteiger partial charge < -0.3 is 14.9 Å². The van der Waals surface area contributed by atoms with Crippen LogP contribution in [0.5, 0.6) is 0 Å². The maximum absolute atomic E-state index is 13.0. The Balaban J connectivity index is 1.83. The fourth-order valence-electron chi connectivity index (χ4n) is 3.81. The van der Waals surface area contributed by atoms with E-state index in [9.17, 15) is 29.1 Å². The number of benzene rings is 1. The van der Waals surface area contributed by atoms with Crippen LogP contribution in [0.2, 0.25) is 0 Å². The van der Waals surface area contributed by atoms with Gasteiger partial charge in [0.2, 0.25) is 11.8 Å². The normalized spacial score (nSPS) is 18.8. The molecule has 2 N–H and O–H groups in total. The molecule has 1 saturated heterocycles. The van der Waals surface area contributed by atoms with Gasteiger partial charge in [-0.15, -0.1) is 0 Å². The Bertz CT molecular complexity index is 933. The minimum atomic E-state index is -1.12. The fourth-order valence-corrected chi connectivity index (χ4v) is 3.81. The summed E-state index contributed by atoms with van der Waals surface area (Å²) in [4.78, 5) is 63.3. The highest BCUT2D eigenvalue weighted by atomic mass is 16.4. The van der Waals surface area contributed by atoms with Gasteiger partial charge in [-0.1, -0.05) is 26.8 Å². The van der Waals surface area contributed by atoms with Gasteiger partial charge >= 0.3 is 5.97 Å². The van der Waals surface area contributed by atoms with Crippen molar-refractivity contribution in [3.05, 3.63) is 34.9 Å². The van der Waals surface area contributed by atoms with Crippen molar-refractivity contribution >= 4 is 29.6 Å². The van der Waals surface area contributed by atoms with Crippen molar-refractivity contribution in [1.29, 1.82) is 0 Å². The first kappa shape index (κ1) is 21.5. The average Bonchev–Trinajstić information content (AvgIpc) is 2.95. The SMILES string of the molecule is CC(C)(C)CN(CC(=O)O)C(=O)c1ccc2c(c1)C(=O)N(C1CCC(=O)NC1=O)C2. The van der Waals surface area contributed by atoms with Crippen molar-refractivity contribution < 1.29 is 29.1 Å². The summed E-state index contributed by atoms with van der Waals surface area (Å²) in [5.41, 5.74) is 0.913. The van der Waals surface area contributed by atoms with Gasteiger partial charge in [0.05, 0.1) is 0 Å². The van der Waals surface area contributed by atoms with Gasteiger partial charge in [-0.25, -0.2) is 0 Å². The Morgan fingerprint density at radius 2 is 1.93 bits per heavy atom. The van der Waals surface area contributed by atoms with Gasteiger partial charge in [0.15, 0.2) is 0 Å². The molecule has 0 saturated carbocycles. The number of amides is 4. The molecule has 4 amide bonds. The number of hydrogen-bond acceptors (Lipinski definition) is 5. The van der Waals surface area contributed by atoms with Crippen LogP contribution in [0.3, 0.4) is 0 Å². The Morgan fingerprint density at radius 1 is 1.23 bits per heavy atom. The van der Waals surface area contributed by atoms with Crippen LogP contribution in [0.25, 0.3) is 0 Å². The second kappa shape index (κ2) is 7.89. The largest absolute Gasteiger partial charge is 0.480 e. The molecule has 0 radical (unpaired) electrons. The number of nitrogens with zero attached hydrogens (tertiary/aromatic N) is 2. The maximum Gasteiger partial charge on any atom is 0.323 e. The van der Waals surface area contributed by atoms with Crippen molar-refractivity contribution in [2.24, 2.45) is 5.41 Å². The third kappa shape index (κ3) is 4.50. The minimum Gasteiger partial charge on any atom is -0.480 e. The molecule has 9 nitrogen and oxygen atoms in total. The molecule has 0 spiro atoms. The Hall–Kier alpha value is -3.23. The molecule has 0 aliphatic carbocycles. The molecule has 1 aromatic rings. The average molecular weight is 415 g/mol. The molecule has 1 atom stereocenters. The number of piperidine rings is 1. The zero-order valence-electron chi connectivity index (χ0n) is 17.2. The summed E-state index contributed by atoms with van der Waals surface area (Å²) >= 11 is 0. The number of hydrogen-bond donors (Lipinski definition) is 2. The third-order valence-corrected chi connectivity index (χ3v) is 5.05. The summed E-state index contributed by atoms with van der Waals surface area (Å²) in [6, 6.07) is 3.96. The fraction of sp³-hybridized carbons (Fsp3) is 0.476. The molecular weight excluding hydrogens is 390 g/mol. The summed E-state index contributed by atoms with van der Waals surface area (Å²) in [6.45, 7) is 5.72. The Kier molecular flexibility index (Phi) is 5.65. The first-order valence-electron chi connectivity index (χ1n) is 9.75. The van der Waals surface area contributed by atoms with Gasteiger partial charge in [0, 0.05) is 30.6 Å². The maximum atomic E-state index is 13.0. The quantitative estimate of drug-likeness (QED) is 0.692. The third-order valence-electron chi connectivity index (χ3n) is 5.05. The number of carbonyl (C=O) groups is 5. The van der Waals surface area contributed by atoms with E-state index in [1.807, 2.05) is 20.8 Å². The van der Waals surface area contributed by atoms with E-state index in [-0.39, 0.29) is 48.7 Å². The Labute approximate surface area is 174 Å². The summed E-state index contributed by atoms with van der Waals surface area (Å²) in [5.74, 6) is -2.82. The van der Waals surface area contributed by atoms with Crippen LogP contribution in [0.1, 0.15) is 59.9 Å². The zero-order valence-corrected chi connectivity index (χ0v) is 17.2. The minimum absolute atomic E-state index is 0.164. The number of fused-ring (bicyclic) bond motifs is 1. The van der Waals surface area contributed by atoms with Crippen LogP contribution in [0, 0.1) is 5.41 Å². The number of rotatable bonds is 5. The molecule has 0 aromatic heterocycles. The molecule has 1 unspecified atom stereocenters. The van der Waals surface area contributed by atoms with E-state index in [1.54, 1.807) is 12.1 Å². The van der Waals surface area contributed by atoms with Crippen molar-refractivity contribution in [3.63, 3.8) is 0 Å². The molecule has 30 heavy (non-hydrogen) atoms. The molecule has 2 heterocycles. The standard InChI is InChI=1S/C21H25N3O6/c1-21(2,3)11-23(10-17(26)27)19(29)12-4-5-13-9-24(20(30)14(13)8-12)15-6-7-16(25)22-18(15)28/h4-5,8,15H,6-7,9-11H2,1-3H3,(H,26,27)(H,22,25,28). The summed E-state index contributed by atoms with van der Waals surface area (Å²) < 4.78 is 0. The van der Waals surface area contributed by atoms with E-state index in [1.165, 1.54) is 15.9 Å². The molecule has 3 rings (SSSR count). The van der Waals surface area contributed by atoms with E-state index in [0.717, 1.165) is 0 Å². The number of carboxylic acid groups (broad SMARTS) is 1. The molecule has 2 aliphatic rings. The van der Waals surface area contributed by atoms with Crippen LogP contribution in [0.15, 0.2) is 18.2 Å². The summed E-state index contributed by atoms with van der Waals surface area (Å²) in [7, 11) is 0. The van der Waals surface area contributed by atoms with Crippen LogP contribution in [-0.2, 0) is 20.9 Å². The van der Waals surface area contributed by atoms with Gasteiger partial charge in [-0.2, -0.15) is 0 Å². The predicted octanol–water partition coefficient (Wildman–Crippen LogP) is 1.02. The smallest absolute Gasteiger partial charge is 0.323 e. The number of carboxylic acids is 1. The number of aliphatic carboxylic acids is 1. The molecule has 160 valence electrons. The first-order chi connectivity index (χ1) is 14.0. The van der Waals surface area contributed by atoms with E-state index in [0.29, 0.717) is 11.1 Å². The van der Waals surface area contributed by atoms with Crippen LogP contribution in [-0.4, -0.2) is 63.6 Å². The lowest BCUT2D eigenvalue weighted by Crippen LogP contribution is -2.52. The van der Waals surface area contributed by atoms with Crippen molar-refractivity contribution in [2.45, 2.75) is 46.2 Å². The highest BCUT2D eigenvalue weighted by molar-refractivity contribution is 6.06. The number of carbonyl (C=O) groups excluding carboxylic acids is 4. The van der Waals surface area contributed by atoms with E-state index < -0.39 is 30.4 Å². The van der Waals surface area contributed by atoms with Crippen molar-refractivity contribution in [1.82, 2.24) is 15.1 Å². The highest BCUT2D eigenvalue weighted by Gasteiger charge is 2.39. The molecule has 1 fully saturated rings. The molecule has 2 aliphatic heterocycles.